The molecule has 0 aliphatic carbocycles. The van der Waals surface area contributed by atoms with Gasteiger partial charge < -0.3 is 10.1 Å². The van der Waals surface area contributed by atoms with Crippen molar-refractivity contribution in [2.75, 3.05) is 26.8 Å². The number of aryl methyl sites for hydroxylation is 2. The lowest BCUT2D eigenvalue weighted by atomic mass is 9.87. The lowest BCUT2D eigenvalue weighted by Crippen LogP contribution is -2.33. The summed E-state index contributed by atoms with van der Waals surface area (Å²) >= 11 is 1.79. The molecule has 1 N–H and O–H groups in total. The molecule has 0 aliphatic heterocycles. The average molecular weight is 268 g/mol. The molecule has 0 spiro atoms. The van der Waals surface area contributed by atoms with Crippen LogP contribution in [0.15, 0.2) is 12.7 Å². The molecule has 4 heteroatoms. The molecule has 1 heterocycles. The third-order valence-corrected chi connectivity index (χ3v) is 4.21. The minimum atomic E-state index is 0.0461. The summed E-state index contributed by atoms with van der Waals surface area (Å²) in [6.07, 6.45) is 2.97. The summed E-state index contributed by atoms with van der Waals surface area (Å²) in [5.41, 5.74) is 1.19. The van der Waals surface area contributed by atoms with Crippen LogP contribution < -0.4 is 5.32 Å². The number of nitrogens with one attached hydrogen (secondary N) is 1. The van der Waals surface area contributed by atoms with Crippen LogP contribution in [0.2, 0.25) is 0 Å². The number of ether oxygens (including phenoxy) is 1. The van der Waals surface area contributed by atoms with E-state index in [0.29, 0.717) is 0 Å². The summed E-state index contributed by atoms with van der Waals surface area (Å²) < 4.78 is 5.03. The zero-order valence-corrected chi connectivity index (χ0v) is 12.7. The summed E-state index contributed by atoms with van der Waals surface area (Å²) in [6.45, 7) is 12.9. The highest BCUT2D eigenvalue weighted by Crippen LogP contribution is 2.27. The number of aromatic nitrogens is 1. The Kier molecular flexibility index (Phi) is 5.99. The van der Waals surface area contributed by atoms with E-state index in [-0.39, 0.29) is 5.41 Å². The molecular formula is C14H24N2OS. The molecule has 0 fully saturated rings. The molecule has 0 radical (unpaired) electrons. The molecule has 0 aromatic carbocycles. The van der Waals surface area contributed by atoms with Crippen molar-refractivity contribution in [3.8, 4) is 0 Å². The minimum Gasteiger partial charge on any atom is -0.383 e. The van der Waals surface area contributed by atoms with E-state index in [9.17, 15) is 0 Å². The second-order valence-electron chi connectivity index (χ2n) is 4.95. The van der Waals surface area contributed by atoms with Gasteiger partial charge in [0.15, 0.2) is 0 Å². The third-order valence-electron chi connectivity index (χ3n) is 3.13. The first-order valence-corrected chi connectivity index (χ1v) is 7.08. The van der Waals surface area contributed by atoms with Crippen molar-refractivity contribution in [3.05, 3.63) is 28.2 Å². The number of hydrogen-bond acceptors (Lipinski definition) is 4. The quantitative estimate of drug-likeness (QED) is 0.581. The lowest BCUT2D eigenvalue weighted by Gasteiger charge is -2.25. The smallest absolute Gasteiger partial charge is 0.0939 e. The zero-order chi connectivity index (χ0) is 13.6. The van der Waals surface area contributed by atoms with Gasteiger partial charge in [-0.3, -0.25) is 0 Å². The monoisotopic (exact) mass is 268 g/mol. The Bertz CT molecular complexity index is 370. The summed E-state index contributed by atoms with van der Waals surface area (Å²) in [4.78, 5) is 5.91. The number of methoxy groups -OCH3 is 1. The van der Waals surface area contributed by atoms with Crippen LogP contribution in [-0.4, -0.2) is 31.8 Å². The first-order valence-electron chi connectivity index (χ1n) is 6.27. The van der Waals surface area contributed by atoms with Gasteiger partial charge in [0, 0.05) is 36.9 Å². The fraction of sp³-hybridized carbons (Fsp3) is 0.643. The number of thiazole rings is 1. The third kappa shape index (κ3) is 4.52. The normalized spacial score (nSPS) is 14.4. The van der Waals surface area contributed by atoms with Crippen molar-refractivity contribution in [2.24, 2.45) is 5.41 Å². The molecule has 0 saturated heterocycles. The van der Waals surface area contributed by atoms with Crippen molar-refractivity contribution >= 4 is 11.3 Å². The van der Waals surface area contributed by atoms with E-state index in [1.165, 1.54) is 9.88 Å². The molecule has 18 heavy (non-hydrogen) atoms. The van der Waals surface area contributed by atoms with Gasteiger partial charge in [-0.15, -0.1) is 17.9 Å². The maximum absolute atomic E-state index is 5.03. The second kappa shape index (κ2) is 7.02. The van der Waals surface area contributed by atoms with Crippen molar-refractivity contribution < 1.29 is 4.74 Å². The van der Waals surface area contributed by atoms with Crippen molar-refractivity contribution in [3.63, 3.8) is 0 Å². The molecule has 1 aromatic heterocycles. The topological polar surface area (TPSA) is 34.1 Å². The van der Waals surface area contributed by atoms with Gasteiger partial charge in [-0.1, -0.05) is 13.0 Å². The number of rotatable bonds is 8. The van der Waals surface area contributed by atoms with Gasteiger partial charge in [-0.2, -0.15) is 0 Å². The van der Waals surface area contributed by atoms with Gasteiger partial charge in [-0.05, 0) is 13.8 Å². The standard InChI is InChI=1S/C14H24N2OS/c1-6-14(4,10-15-7-8-17-5)9-13-16-11(2)12(3)18-13/h6,15H,1,7-10H2,2-5H3. The van der Waals surface area contributed by atoms with Crippen molar-refractivity contribution in [2.45, 2.75) is 27.2 Å². The lowest BCUT2D eigenvalue weighted by molar-refractivity contribution is 0.195. The highest BCUT2D eigenvalue weighted by atomic mass is 32.1. The van der Waals surface area contributed by atoms with E-state index < -0.39 is 0 Å². The Labute approximate surface area is 114 Å². The van der Waals surface area contributed by atoms with Crippen LogP contribution in [0.25, 0.3) is 0 Å². The first kappa shape index (κ1) is 15.3. The molecule has 1 atom stereocenters. The van der Waals surface area contributed by atoms with E-state index in [4.69, 9.17) is 4.74 Å². The van der Waals surface area contributed by atoms with E-state index >= 15 is 0 Å². The van der Waals surface area contributed by atoms with Gasteiger partial charge in [0.1, 0.15) is 0 Å². The number of hydrogen-bond donors (Lipinski definition) is 1. The van der Waals surface area contributed by atoms with Crippen LogP contribution in [0.3, 0.4) is 0 Å². The highest BCUT2D eigenvalue weighted by molar-refractivity contribution is 7.11. The van der Waals surface area contributed by atoms with Crippen LogP contribution in [0.1, 0.15) is 22.5 Å². The summed E-state index contributed by atoms with van der Waals surface area (Å²) in [5, 5.41) is 4.60. The number of nitrogens with zero attached hydrogens (tertiary/aromatic N) is 1. The van der Waals surface area contributed by atoms with E-state index in [1.54, 1.807) is 18.4 Å². The first-order chi connectivity index (χ1) is 8.50. The van der Waals surface area contributed by atoms with Crippen molar-refractivity contribution in [1.29, 1.82) is 0 Å². The Balaban J connectivity index is 2.56. The predicted molar refractivity (Wildman–Crippen MR) is 78.3 cm³/mol. The Morgan fingerprint density at radius 1 is 1.50 bits per heavy atom. The van der Waals surface area contributed by atoms with Crippen LogP contribution in [0.4, 0.5) is 0 Å². The molecular weight excluding hydrogens is 244 g/mol. The van der Waals surface area contributed by atoms with Gasteiger partial charge in [0.25, 0.3) is 0 Å². The molecule has 0 amide bonds. The minimum absolute atomic E-state index is 0.0461. The van der Waals surface area contributed by atoms with E-state index in [0.717, 1.165) is 31.8 Å². The predicted octanol–water partition coefficient (Wildman–Crippen LogP) is 2.73. The van der Waals surface area contributed by atoms with Crippen LogP contribution in [0, 0.1) is 19.3 Å². The van der Waals surface area contributed by atoms with Crippen LogP contribution >= 0.6 is 11.3 Å². The van der Waals surface area contributed by atoms with E-state index in [2.05, 4.69) is 37.7 Å². The van der Waals surface area contributed by atoms with Gasteiger partial charge >= 0.3 is 0 Å². The summed E-state index contributed by atoms with van der Waals surface area (Å²) in [7, 11) is 1.72. The molecule has 1 unspecified atom stereocenters. The van der Waals surface area contributed by atoms with Crippen LogP contribution in [0.5, 0.6) is 0 Å². The molecule has 1 aromatic rings. The van der Waals surface area contributed by atoms with Crippen molar-refractivity contribution in [1.82, 2.24) is 10.3 Å². The SMILES string of the molecule is C=CC(C)(CNCCOC)Cc1nc(C)c(C)s1. The van der Waals surface area contributed by atoms with Gasteiger partial charge in [0.05, 0.1) is 17.3 Å². The second-order valence-corrected chi connectivity index (χ2v) is 6.24. The Morgan fingerprint density at radius 2 is 2.22 bits per heavy atom. The highest BCUT2D eigenvalue weighted by Gasteiger charge is 2.22. The van der Waals surface area contributed by atoms with Crippen LogP contribution in [-0.2, 0) is 11.2 Å². The zero-order valence-electron chi connectivity index (χ0n) is 11.9. The largest absolute Gasteiger partial charge is 0.383 e. The average Bonchev–Trinajstić information content (AvgIpc) is 2.64. The molecule has 1 rings (SSSR count). The Hall–Kier alpha value is -0.710. The Morgan fingerprint density at radius 3 is 2.72 bits per heavy atom. The molecule has 0 bridgehead atoms. The molecule has 0 aliphatic rings. The summed E-state index contributed by atoms with van der Waals surface area (Å²) in [6, 6.07) is 0. The molecule has 102 valence electrons. The molecule has 3 nitrogen and oxygen atoms in total. The summed E-state index contributed by atoms with van der Waals surface area (Å²) in [5.74, 6) is 0. The fourth-order valence-electron chi connectivity index (χ4n) is 1.72. The molecule has 0 saturated carbocycles. The van der Waals surface area contributed by atoms with E-state index in [1.807, 2.05) is 6.08 Å². The van der Waals surface area contributed by atoms with Gasteiger partial charge in [0.2, 0.25) is 0 Å². The van der Waals surface area contributed by atoms with Gasteiger partial charge in [-0.25, -0.2) is 4.98 Å². The maximum Gasteiger partial charge on any atom is 0.0939 e. The fourth-order valence-corrected chi connectivity index (χ4v) is 2.85. The maximum atomic E-state index is 5.03.